The number of hydrogen-bond donors (Lipinski definition) is 1. The second-order valence-corrected chi connectivity index (χ2v) is 6.28. The van der Waals surface area contributed by atoms with Crippen LogP contribution in [-0.2, 0) is 9.47 Å². The molecule has 114 valence electrons. The van der Waals surface area contributed by atoms with Crippen LogP contribution < -0.4 is 5.32 Å². The third-order valence-electron chi connectivity index (χ3n) is 3.68. The highest BCUT2D eigenvalue weighted by molar-refractivity contribution is 9.10. The van der Waals surface area contributed by atoms with Gasteiger partial charge in [-0.15, -0.1) is 0 Å². The molecule has 0 amide bonds. The predicted octanol–water partition coefficient (Wildman–Crippen LogP) is 2.60. The Labute approximate surface area is 131 Å². The number of halogens is 1. The second-order valence-electron chi connectivity index (χ2n) is 5.47. The summed E-state index contributed by atoms with van der Waals surface area (Å²) in [6.45, 7) is 5.46. The van der Waals surface area contributed by atoms with Crippen LogP contribution >= 0.6 is 15.9 Å². The summed E-state index contributed by atoms with van der Waals surface area (Å²) in [5.74, 6) is 0. The third kappa shape index (κ3) is 2.77. The van der Waals surface area contributed by atoms with Gasteiger partial charge in [-0.05, 0) is 35.8 Å². The van der Waals surface area contributed by atoms with Crippen LogP contribution in [0.5, 0.6) is 0 Å². The monoisotopic (exact) mass is 354 g/mol. The molecule has 0 aliphatic carbocycles. The molecule has 21 heavy (non-hydrogen) atoms. The summed E-state index contributed by atoms with van der Waals surface area (Å²) in [5.41, 5.74) is 2.87. The van der Waals surface area contributed by atoms with E-state index in [1.54, 1.807) is 13.3 Å². The number of aromatic nitrogens is 3. The van der Waals surface area contributed by atoms with Gasteiger partial charge >= 0.3 is 0 Å². The third-order valence-corrected chi connectivity index (χ3v) is 4.09. The van der Waals surface area contributed by atoms with E-state index in [1.165, 1.54) is 0 Å². The normalized spacial score (nSPS) is 22.3. The Morgan fingerprint density at radius 3 is 3.00 bits per heavy atom. The van der Waals surface area contributed by atoms with Gasteiger partial charge in [0.1, 0.15) is 21.7 Å². The lowest BCUT2D eigenvalue weighted by Crippen LogP contribution is -2.33. The first-order valence-electron chi connectivity index (χ1n) is 7.01. The average molecular weight is 355 g/mol. The highest BCUT2D eigenvalue weighted by Gasteiger charge is 2.29. The molecule has 0 bridgehead atoms. The molecule has 1 fully saturated rings. The molecule has 0 aromatic carbocycles. The first kappa shape index (κ1) is 14.7. The molecule has 2 aromatic heterocycles. The molecule has 6 nitrogen and oxygen atoms in total. The standard InChI is InChI=1S/C14H19BrN4O2/c1-8(2)19-14-9(4-13(15)18-10(14)5-16-19)17-11-6-21-7-12(11)20-3/h4-5,8,11-12H,6-7H2,1-3H3,(H,17,18)/t11-,12-/m0/s1. The fraction of sp³-hybridized carbons (Fsp3) is 0.571. The van der Waals surface area contributed by atoms with Crippen molar-refractivity contribution in [2.24, 2.45) is 0 Å². The van der Waals surface area contributed by atoms with Crippen LogP contribution in [0.2, 0.25) is 0 Å². The summed E-state index contributed by atoms with van der Waals surface area (Å²) >= 11 is 3.46. The molecule has 3 heterocycles. The minimum atomic E-state index is 0.0578. The van der Waals surface area contributed by atoms with Crippen LogP contribution in [0.25, 0.3) is 11.0 Å². The molecule has 2 aromatic rings. The van der Waals surface area contributed by atoms with Crippen molar-refractivity contribution in [3.05, 3.63) is 16.9 Å². The predicted molar refractivity (Wildman–Crippen MR) is 84.6 cm³/mol. The highest BCUT2D eigenvalue weighted by Crippen LogP contribution is 2.29. The summed E-state index contributed by atoms with van der Waals surface area (Å²) in [6.07, 6.45) is 1.85. The molecule has 1 N–H and O–H groups in total. The van der Waals surface area contributed by atoms with E-state index in [0.29, 0.717) is 13.2 Å². The van der Waals surface area contributed by atoms with Gasteiger partial charge in [-0.2, -0.15) is 5.10 Å². The van der Waals surface area contributed by atoms with Gasteiger partial charge in [-0.3, -0.25) is 4.68 Å². The molecule has 0 unspecified atom stereocenters. The number of anilines is 1. The van der Waals surface area contributed by atoms with Crippen LogP contribution in [0.3, 0.4) is 0 Å². The van der Waals surface area contributed by atoms with Crippen LogP contribution in [0, 0.1) is 0 Å². The van der Waals surface area contributed by atoms with E-state index in [-0.39, 0.29) is 18.2 Å². The molecule has 0 saturated carbocycles. The maximum atomic E-state index is 5.50. The number of rotatable bonds is 4. The molecule has 0 radical (unpaired) electrons. The van der Waals surface area contributed by atoms with Crippen LogP contribution in [0.15, 0.2) is 16.9 Å². The van der Waals surface area contributed by atoms with Crippen molar-refractivity contribution in [1.82, 2.24) is 14.8 Å². The first-order chi connectivity index (χ1) is 10.1. The lowest BCUT2D eigenvalue weighted by Gasteiger charge is -2.20. The fourth-order valence-electron chi connectivity index (χ4n) is 2.63. The van der Waals surface area contributed by atoms with E-state index in [9.17, 15) is 0 Å². The quantitative estimate of drug-likeness (QED) is 0.855. The maximum absolute atomic E-state index is 5.50. The van der Waals surface area contributed by atoms with Crippen molar-refractivity contribution < 1.29 is 9.47 Å². The largest absolute Gasteiger partial charge is 0.377 e. The molecular weight excluding hydrogens is 336 g/mol. The zero-order chi connectivity index (χ0) is 15.0. The number of pyridine rings is 1. The van der Waals surface area contributed by atoms with Gasteiger partial charge in [-0.25, -0.2) is 4.98 Å². The highest BCUT2D eigenvalue weighted by atomic mass is 79.9. The van der Waals surface area contributed by atoms with Gasteiger partial charge in [0, 0.05) is 13.2 Å². The maximum Gasteiger partial charge on any atom is 0.112 e. The zero-order valence-corrected chi connectivity index (χ0v) is 13.9. The molecule has 1 aliphatic heterocycles. The lowest BCUT2D eigenvalue weighted by atomic mass is 10.2. The number of ether oxygens (including phenoxy) is 2. The van der Waals surface area contributed by atoms with Gasteiger partial charge in [-0.1, -0.05) is 0 Å². The summed E-state index contributed by atoms with van der Waals surface area (Å²) in [4.78, 5) is 4.48. The van der Waals surface area contributed by atoms with Gasteiger partial charge < -0.3 is 14.8 Å². The van der Waals surface area contributed by atoms with Crippen molar-refractivity contribution in [2.45, 2.75) is 32.0 Å². The number of fused-ring (bicyclic) bond motifs is 1. The summed E-state index contributed by atoms with van der Waals surface area (Å²) < 4.78 is 13.7. The summed E-state index contributed by atoms with van der Waals surface area (Å²) in [6, 6.07) is 2.38. The zero-order valence-electron chi connectivity index (χ0n) is 12.3. The first-order valence-corrected chi connectivity index (χ1v) is 7.80. The van der Waals surface area contributed by atoms with Gasteiger partial charge in [0.05, 0.1) is 31.1 Å². The van der Waals surface area contributed by atoms with Gasteiger partial charge in [0.25, 0.3) is 0 Å². The molecule has 3 rings (SSSR count). The molecule has 1 aliphatic rings. The van der Waals surface area contributed by atoms with Crippen molar-refractivity contribution in [2.75, 3.05) is 25.6 Å². The Kier molecular flexibility index (Phi) is 4.14. The molecular formula is C14H19BrN4O2. The molecule has 2 atom stereocenters. The van der Waals surface area contributed by atoms with Crippen molar-refractivity contribution >= 4 is 32.7 Å². The molecule has 7 heteroatoms. The van der Waals surface area contributed by atoms with Crippen molar-refractivity contribution in [1.29, 1.82) is 0 Å². The van der Waals surface area contributed by atoms with E-state index in [1.807, 2.05) is 10.7 Å². The Bertz CT molecular complexity index is 643. The second kappa shape index (κ2) is 5.90. The van der Waals surface area contributed by atoms with E-state index in [0.717, 1.165) is 21.3 Å². The number of nitrogens with one attached hydrogen (secondary N) is 1. The molecule has 1 saturated heterocycles. The van der Waals surface area contributed by atoms with Crippen LogP contribution in [0.4, 0.5) is 5.69 Å². The van der Waals surface area contributed by atoms with E-state index in [2.05, 4.69) is 45.2 Å². The summed E-state index contributed by atoms with van der Waals surface area (Å²) in [5, 5.41) is 7.97. The fourth-order valence-corrected chi connectivity index (χ4v) is 3.05. The Hall–Kier alpha value is -1.18. The minimum Gasteiger partial charge on any atom is -0.377 e. The Morgan fingerprint density at radius 2 is 2.29 bits per heavy atom. The van der Waals surface area contributed by atoms with E-state index >= 15 is 0 Å². The summed E-state index contributed by atoms with van der Waals surface area (Å²) in [7, 11) is 1.71. The number of hydrogen-bond acceptors (Lipinski definition) is 5. The Balaban J connectivity index is 2.02. The van der Waals surface area contributed by atoms with Gasteiger partial charge in [0.15, 0.2) is 0 Å². The number of nitrogens with zero attached hydrogens (tertiary/aromatic N) is 3. The topological polar surface area (TPSA) is 61.2 Å². The Morgan fingerprint density at radius 1 is 1.48 bits per heavy atom. The van der Waals surface area contributed by atoms with E-state index in [4.69, 9.17) is 9.47 Å². The average Bonchev–Trinajstić information content (AvgIpc) is 3.04. The van der Waals surface area contributed by atoms with Crippen LogP contribution in [0.1, 0.15) is 19.9 Å². The number of methoxy groups -OCH3 is 1. The van der Waals surface area contributed by atoms with Crippen molar-refractivity contribution in [3.8, 4) is 0 Å². The van der Waals surface area contributed by atoms with E-state index < -0.39 is 0 Å². The SMILES string of the molecule is CO[C@H]1COC[C@@H]1Nc1cc(Br)nc2cnn(C(C)C)c12. The minimum absolute atomic E-state index is 0.0578. The van der Waals surface area contributed by atoms with Crippen LogP contribution in [-0.4, -0.2) is 47.2 Å². The lowest BCUT2D eigenvalue weighted by molar-refractivity contribution is 0.0795. The molecule has 0 spiro atoms. The van der Waals surface area contributed by atoms with Gasteiger partial charge in [0.2, 0.25) is 0 Å². The smallest absolute Gasteiger partial charge is 0.112 e. The van der Waals surface area contributed by atoms with Crippen molar-refractivity contribution in [3.63, 3.8) is 0 Å².